The molecule has 0 aliphatic heterocycles. The van der Waals surface area contributed by atoms with Gasteiger partial charge in [0.2, 0.25) is 5.91 Å². The number of carbonyl (C=O) groups excluding carboxylic acids is 1. The zero-order valence-corrected chi connectivity index (χ0v) is 17.4. The van der Waals surface area contributed by atoms with Gasteiger partial charge in [0.15, 0.2) is 17.5 Å². The van der Waals surface area contributed by atoms with Crippen LogP contribution >= 0.6 is 0 Å². The van der Waals surface area contributed by atoms with E-state index in [0.717, 1.165) is 23.3 Å². The van der Waals surface area contributed by atoms with E-state index in [0.29, 0.717) is 17.0 Å². The molecule has 0 radical (unpaired) electrons. The predicted octanol–water partition coefficient (Wildman–Crippen LogP) is 5.48. The van der Waals surface area contributed by atoms with E-state index in [1.165, 1.54) is 12.3 Å². The second-order valence-corrected chi connectivity index (χ2v) is 7.25. The molecular formula is C26H19F2N3O2. The van der Waals surface area contributed by atoms with Gasteiger partial charge < -0.3 is 10.4 Å². The molecule has 7 heteroatoms. The fourth-order valence-corrected chi connectivity index (χ4v) is 3.14. The van der Waals surface area contributed by atoms with E-state index >= 15 is 0 Å². The number of nitrogens with one attached hydrogen (secondary N) is 1. The van der Waals surface area contributed by atoms with Crippen molar-refractivity contribution in [3.05, 3.63) is 107 Å². The Kier molecular flexibility index (Phi) is 6.50. The van der Waals surface area contributed by atoms with Gasteiger partial charge in [-0.25, -0.2) is 18.7 Å². The van der Waals surface area contributed by atoms with Crippen LogP contribution in [0.1, 0.15) is 16.8 Å². The first-order chi connectivity index (χ1) is 16.0. The summed E-state index contributed by atoms with van der Waals surface area (Å²) in [5, 5.41) is 12.2. The molecule has 0 aliphatic carbocycles. The fourth-order valence-electron chi connectivity index (χ4n) is 3.14. The number of hydrogen-bond acceptors (Lipinski definition) is 4. The summed E-state index contributed by atoms with van der Waals surface area (Å²) >= 11 is 0. The summed E-state index contributed by atoms with van der Waals surface area (Å²) in [6, 6.07) is 19.4. The molecule has 1 amide bonds. The first-order valence-electron chi connectivity index (χ1n) is 10.1. The maximum atomic E-state index is 13.5. The van der Waals surface area contributed by atoms with Crippen molar-refractivity contribution < 1.29 is 18.7 Å². The number of amides is 1. The summed E-state index contributed by atoms with van der Waals surface area (Å²) in [5.41, 5.74) is 2.99. The molecule has 0 unspecified atom stereocenters. The summed E-state index contributed by atoms with van der Waals surface area (Å²) in [4.78, 5) is 21.5. The van der Waals surface area contributed by atoms with Crippen LogP contribution < -0.4 is 5.32 Å². The lowest BCUT2D eigenvalue weighted by Crippen LogP contribution is -2.17. The average Bonchev–Trinajstić information content (AvgIpc) is 2.82. The molecule has 1 heterocycles. The molecule has 3 aromatic carbocycles. The summed E-state index contributed by atoms with van der Waals surface area (Å²) in [6.07, 6.45) is 4.94. The molecule has 5 nitrogen and oxygen atoms in total. The van der Waals surface area contributed by atoms with E-state index in [1.54, 1.807) is 30.3 Å². The maximum absolute atomic E-state index is 13.5. The van der Waals surface area contributed by atoms with Crippen LogP contribution in [0.25, 0.3) is 23.4 Å². The third kappa shape index (κ3) is 5.65. The Labute approximate surface area is 189 Å². The van der Waals surface area contributed by atoms with Crippen molar-refractivity contribution in [2.75, 3.05) is 5.32 Å². The van der Waals surface area contributed by atoms with Crippen LogP contribution in [0.15, 0.2) is 79.0 Å². The molecule has 1 aromatic heterocycles. The SMILES string of the molecule is O=C(Cc1ccc(F)c(F)c1)Nc1ncc(-c2ccc(O)cc2)nc1/C=C/c1ccccc1. The van der Waals surface area contributed by atoms with Crippen LogP contribution in [0.2, 0.25) is 0 Å². The van der Waals surface area contributed by atoms with E-state index in [4.69, 9.17) is 0 Å². The lowest BCUT2D eigenvalue weighted by atomic mass is 10.1. The molecule has 2 N–H and O–H groups in total. The third-order valence-electron chi connectivity index (χ3n) is 4.80. The highest BCUT2D eigenvalue weighted by Crippen LogP contribution is 2.23. The van der Waals surface area contributed by atoms with Gasteiger partial charge >= 0.3 is 0 Å². The first-order valence-corrected chi connectivity index (χ1v) is 10.1. The number of rotatable bonds is 6. The zero-order valence-electron chi connectivity index (χ0n) is 17.4. The van der Waals surface area contributed by atoms with Gasteiger partial charge in [-0.1, -0.05) is 42.5 Å². The van der Waals surface area contributed by atoms with Crippen molar-refractivity contribution in [1.29, 1.82) is 0 Å². The van der Waals surface area contributed by atoms with Gasteiger partial charge in [0.05, 0.1) is 18.3 Å². The Balaban J connectivity index is 1.62. The summed E-state index contributed by atoms with van der Waals surface area (Å²) in [6.45, 7) is 0. The second kappa shape index (κ2) is 9.82. The van der Waals surface area contributed by atoms with Crippen LogP contribution in [0, 0.1) is 11.6 Å². The molecule has 0 aliphatic rings. The fraction of sp³-hybridized carbons (Fsp3) is 0.0385. The Hall–Kier alpha value is -4.39. The molecule has 0 saturated heterocycles. The van der Waals surface area contributed by atoms with Crippen molar-refractivity contribution in [3.8, 4) is 17.0 Å². The van der Waals surface area contributed by atoms with E-state index in [9.17, 15) is 18.7 Å². The molecule has 0 atom stereocenters. The van der Waals surface area contributed by atoms with Crippen molar-refractivity contribution in [1.82, 2.24) is 9.97 Å². The molecular weight excluding hydrogens is 424 g/mol. The topological polar surface area (TPSA) is 75.1 Å². The Morgan fingerprint density at radius 3 is 2.42 bits per heavy atom. The van der Waals surface area contributed by atoms with Gasteiger partial charge in [0.1, 0.15) is 11.4 Å². The third-order valence-corrected chi connectivity index (χ3v) is 4.80. The van der Waals surface area contributed by atoms with Crippen LogP contribution in [0.3, 0.4) is 0 Å². The van der Waals surface area contributed by atoms with E-state index in [1.807, 2.05) is 36.4 Å². The highest BCUT2D eigenvalue weighted by atomic mass is 19.2. The van der Waals surface area contributed by atoms with Crippen LogP contribution in [-0.2, 0) is 11.2 Å². The number of phenolic OH excluding ortho intramolecular Hbond substituents is 1. The minimum atomic E-state index is -1.01. The molecule has 4 aromatic rings. The highest BCUT2D eigenvalue weighted by Gasteiger charge is 2.12. The zero-order chi connectivity index (χ0) is 23.2. The number of nitrogens with zero attached hydrogens (tertiary/aromatic N) is 2. The molecule has 0 saturated carbocycles. The van der Waals surface area contributed by atoms with Crippen LogP contribution in [0.5, 0.6) is 5.75 Å². The lowest BCUT2D eigenvalue weighted by Gasteiger charge is -2.10. The number of aromatic hydroxyl groups is 1. The summed E-state index contributed by atoms with van der Waals surface area (Å²) < 4.78 is 26.6. The van der Waals surface area contributed by atoms with Crippen molar-refractivity contribution in [2.24, 2.45) is 0 Å². The molecule has 164 valence electrons. The standard InChI is InChI=1S/C26H19F2N3O2/c27-21-12-6-18(14-22(21)28)15-25(33)31-26-23(13-7-17-4-2-1-3-5-17)30-24(16-29-26)19-8-10-20(32)11-9-19/h1-14,16,32H,15H2,(H,29,31,33)/b13-7+. The Morgan fingerprint density at radius 2 is 1.70 bits per heavy atom. The molecule has 0 bridgehead atoms. The Bertz CT molecular complexity index is 1310. The number of aromatic nitrogens is 2. The summed E-state index contributed by atoms with van der Waals surface area (Å²) in [5.74, 6) is -2.05. The van der Waals surface area contributed by atoms with E-state index < -0.39 is 17.5 Å². The van der Waals surface area contributed by atoms with Gasteiger partial charge in [-0.3, -0.25) is 4.79 Å². The quantitative estimate of drug-likeness (QED) is 0.414. The van der Waals surface area contributed by atoms with Crippen LogP contribution in [-0.4, -0.2) is 21.0 Å². The van der Waals surface area contributed by atoms with Crippen LogP contribution in [0.4, 0.5) is 14.6 Å². The minimum absolute atomic E-state index is 0.136. The van der Waals surface area contributed by atoms with Gasteiger partial charge in [-0.2, -0.15) is 0 Å². The van der Waals surface area contributed by atoms with Crippen molar-refractivity contribution in [3.63, 3.8) is 0 Å². The molecule has 0 fully saturated rings. The number of hydrogen-bond donors (Lipinski definition) is 2. The lowest BCUT2D eigenvalue weighted by molar-refractivity contribution is -0.115. The van der Waals surface area contributed by atoms with E-state index in [2.05, 4.69) is 15.3 Å². The number of phenols is 1. The highest BCUT2D eigenvalue weighted by molar-refractivity contribution is 5.93. The van der Waals surface area contributed by atoms with Gasteiger partial charge in [-0.15, -0.1) is 0 Å². The normalized spacial score (nSPS) is 11.0. The molecule has 4 rings (SSSR count). The number of anilines is 1. The second-order valence-electron chi connectivity index (χ2n) is 7.25. The van der Waals surface area contributed by atoms with Crippen molar-refractivity contribution in [2.45, 2.75) is 6.42 Å². The number of carbonyl (C=O) groups is 1. The van der Waals surface area contributed by atoms with Gasteiger partial charge in [-0.05, 0) is 53.6 Å². The first kappa shape index (κ1) is 21.8. The average molecular weight is 443 g/mol. The molecule has 33 heavy (non-hydrogen) atoms. The monoisotopic (exact) mass is 443 g/mol. The predicted molar refractivity (Wildman–Crippen MR) is 123 cm³/mol. The smallest absolute Gasteiger partial charge is 0.230 e. The Morgan fingerprint density at radius 1 is 0.939 bits per heavy atom. The van der Waals surface area contributed by atoms with Gasteiger partial charge in [0.25, 0.3) is 0 Å². The van der Waals surface area contributed by atoms with Crippen molar-refractivity contribution >= 4 is 23.9 Å². The summed E-state index contributed by atoms with van der Waals surface area (Å²) in [7, 11) is 0. The largest absolute Gasteiger partial charge is 0.508 e. The maximum Gasteiger partial charge on any atom is 0.230 e. The van der Waals surface area contributed by atoms with E-state index in [-0.39, 0.29) is 18.0 Å². The van der Waals surface area contributed by atoms with Gasteiger partial charge in [0, 0.05) is 5.56 Å². The number of benzene rings is 3. The number of halogens is 2. The minimum Gasteiger partial charge on any atom is -0.508 e. The molecule has 0 spiro atoms.